The second-order valence-corrected chi connectivity index (χ2v) is 6.74. The number of anilines is 1. The van der Waals surface area contributed by atoms with E-state index in [1.165, 1.54) is 6.92 Å². The Balaban J connectivity index is 1.95. The van der Waals surface area contributed by atoms with Crippen LogP contribution in [-0.4, -0.2) is 24.1 Å². The van der Waals surface area contributed by atoms with Gasteiger partial charge in [-0.3, -0.25) is 4.79 Å². The minimum Gasteiger partial charge on any atom is -0.479 e. The third kappa shape index (κ3) is 5.34. The Bertz CT molecular complexity index is 890. The predicted molar refractivity (Wildman–Crippen MR) is 106 cm³/mol. The van der Waals surface area contributed by atoms with Gasteiger partial charge >= 0.3 is 5.97 Å². The molecule has 0 saturated heterocycles. The van der Waals surface area contributed by atoms with Gasteiger partial charge in [0.1, 0.15) is 5.75 Å². The normalized spacial score (nSPS) is 12.4. The summed E-state index contributed by atoms with van der Waals surface area (Å²) in [4.78, 5) is 24.7. The number of hydrogen-bond donors (Lipinski definition) is 1. The molecule has 2 aromatic rings. The zero-order chi connectivity index (χ0) is 20.8. The van der Waals surface area contributed by atoms with E-state index in [0.717, 1.165) is 22.4 Å². The van der Waals surface area contributed by atoms with E-state index in [1.807, 2.05) is 39.0 Å². The van der Waals surface area contributed by atoms with Gasteiger partial charge in [0, 0.05) is 5.69 Å². The highest BCUT2D eigenvalue weighted by Gasteiger charge is 2.24. The molecule has 2 rings (SSSR count). The van der Waals surface area contributed by atoms with Crippen molar-refractivity contribution in [1.29, 1.82) is 5.26 Å². The standard InChI is InChI=1S/C22H24N2O4/c1-13-10-14(2)20(15(3)11-13)24-21(25)16(4)28-22(26)17(5)27-19-8-6-18(12-23)7-9-19/h6-11,16-17H,1-5H3,(H,24,25)/t16-,17+/m0/s1. The summed E-state index contributed by atoms with van der Waals surface area (Å²) < 4.78 is 10.7. The van der Waals surface area contributed by atoms with Crippen molar-refractivity contribution in [2.24, 2.45) is 0 Å². The van der Waals surface area contributed by atoms with Gasteiger partial charge < -0.3 is 14.8 Å². The Labute approximate surface area is 165 Å². The Kier molecular flexibility index (Phi) is 6.78. The summed E-state index contributed by atoms with van der Waals surface area (Å²) in [5.74, 6) is -0.621. The summed E-state index contributed by atoms with van der Waals surface area (Å²) in [6.45, 7) is 8.88. The molecule has 0 heterocycles. The Morgan fingerprint density at radius 2 is 1.57 bits per heavy atom. The molecule has 1 amide bonds. The van der Waals surface area contributed by atoms with Crippen molar-refractivity contribution in [2.75, 3.05) is 5.32 Å². The second-order valence-electron chi connectivity index (χ2n) is 6.74. The van der Waals surface area contributed by atoms with Crippen molar-refractivity contribution < 1.29 is 19.1 Å². The maximum atomic E-state index is 12.4. The molecule has 0 aliphatic rings. The van der Waals surface area contributed by atoms with E-state index in [4.69, 9.17) is 14.7 Å². The summed E-state index contributed by atoms with van der Waals surface area (Å²) in [5, 5.41) is 11.6. The minimum atomic E-state index is -0.973. The summed E-state index contributed by atoms with van der Waals surface area (Å²) in [5.41, 5.74) is 4.22. The fraction of sp³-hybridized carbons (Fsp3) is 0.318. The third-order valence-corrected chi connectivity index (χ3v) is 4.22. The Morgan fingerprint density at radius 1 is 1.00 bits per heavy atom. The fourth-order valence-corrected chi connectivity index (χ4v) is 2.79. The van der Waals surface area contributed by atoms with Crippen LogP contribution in [0.5, 0.6) is 5.75 Å². The van der Waals surface area contributed by atoms with E-state index in [2.05, 4.69) is 5.32 Å². The van der Waals surface area contributed by atoms with Gasteiger partial charge in [0.05, 0.1) is 11.6 Å². The molecule has 2 aromatic carbocycles. The highest BCUT2D eigenvalue weighted by molar-refractivity contribution is 5.96. The number of nitrogens with zero attached hydrogens (tertiary/aromatic N) is 1. The van der Waals surface area contributed by atoms with Crippen molar-refractivity contribution in [1.82, 2.24) is 0 Å². The molecule has 0 aromatic heterocycles. The molecule has 0 fully saturated rings. The minimum absolute atomic E-state index is 0.408. The van der Waals surface area contributed by atoms with Gasteiger partial charge in [-0.15, -0.1) is 0 Å². The number of nitrogens with one attached hydrogen (secondary N) is 1. The molecule has 1 N–H and O–H groups in total. The number of nitriles is 1. The number of hydrogen-bond acceptors (Lipinski definition) is 5. The highest BCUT2D eigenvalue weighted by atomic mass is 16.6. The van der Waals surface area contributed by atoms with E-state index in [9.17, 15) is 9.59 Å². The van der Waals surface area contributed by atoms with Crippen molar-refractivity contribution in [3.05, 3.63) is 58.7 Å². The van der Waals surface area contributed by atoms with Gasteiger partial charge in [0.15, 0.2) is 12.2 Å². The maximum Gasteiger partial charge on any atom is 0.347 e. The van der Waals surface area contributed by atoms with E-state index in [1.54, 1.807) is 31.2 Å². The van der Waals surface area contributed by atoms with Crippen molar-refractivity contribution in [3.63, 3.8) is 0 Å². The summed E-state index contributed by atoms with van der Waals surface area (Å²) in [6.07, 6.45) is -1.87. The third-order valence-electron chi connectivity index (χ3n) is 4.22. The van der Waals surface area contributed by atoms with Crippen LogP contribution in [0.15, 0.2) is 36.4 Å². The van der Waals surface area contributed by atoms with Crippen LogP contribution in [0.4, 0.5) is 5.69 Å². The topological polar surface area (TPSA) is 88.4 Å². The Morgan fingerprint density at radius 3 is 2.11 bits per heavy atom. The number of ether oxygens (including phenoxy) is 2. The average molecular weight is 380 g/mol. The SMILES string of the molecule is Cc1cc(C)c(NC(=O)[C@H](C)OC(=O)[C@@H](C)Oc2ccc(C#N)cc2)c(C)c1. The maximum absolute atomic E-state index is 12.4. The van der Waals surface area contributed by atoms with Crippen LogP contribution in [0.2, 0.25) is 0 Å². The molecular weight excluding hydrogens is 356 g/mol. The number of amides is 1. The molecule has 0 aliphatic heterocycles. The first-order chi connectivity index (χ1) is 13.2. The summed E-state index contributed by atoms with van der Waals surface area (Å²) in [7, 11) is 0. The molecule has 0 unspecified atom stereocenters. The molecule has 28 heavy (non-hydrogen) atoms. The number of benzene rings is 2. The van der Waals surface area contributed by atoms with Crippen molar-refractivity contribution in [2.45, 2.75) is 46.8 Å². The molecule has 146 valence electrons. The van der Waals surface area contributed by atoms with Crippen LogP contribution >= 0.6 is 0 Å². The quantitative estimate of drug-likeness (QED) is 0.770. The van der Waals surface area contributed by atoms with Gasteiger partial charge in [-0.05, 0) is 70.0 Å². The molecule has 0 spiro atoms. The van der Waals surface area contributed by atoms with Crippen LogP contribution < -0.4 is 10.1 Å². The van der Waals surface area contributed by atoms with E-state index in [0.29, 0.717) is 11.3 Å². The molecule has 0 aliphatic carbocycles. The molecule has 0 radical (unpaired) electrons. The summed E-state index contributed by atoms with van der Waals surface area (Å²) >= 11 is 0. The van der Waals surface area contributed by atoms with Gasteiger partial charge in [-0.2, -0.15) is 5.26 Å². The van der Waals surface area contributed by atoms with Gasteiger partial charge in [-0.25, -0.2) is 4.79 Å². The highest BCUT2D eigenvalue weighted by Crippen LogP contribution is 2.22. The Hall–Kier alpha value is -3.33. The molecule has 0 bridgehead atoms. The molecule has 6 nitrogen and oxygen atoms in total. The lowest BCUT2D eigenvalue weighted by atomic mass is 10.0. The van der Waals surface area contributed by atoms with Crippen LogP contribution in [-0.2, 0) is 14.3 Å². The monoisotopic (exact) mass is 380 g/mol. The molecular formula is C22H24N2O4. The van der Waals surface area contributed by atoms with Gasteiger partial charge in [0.25, 0.3) is 5.91 Å². The summed E-state index contributed by atoms with van der Waals surface area (Å²) in [6, 6.07) is 12.3. The molecule has 0 saturated carbocycles. The number of carbonyl (C=O) groups is 2. The first-order valence-corrected chi connectivity index (χ1v) is 8.97. The van der Waals surface area contributed by atoms with Crippen molar-refractivity contribution >= 4 is 17.6 Å². The molecule has 2 atom stereocenters. The lowest BCUT2D eigenvalue weighted by molar-refractivity contribution is -0.159. The van der Waals surface area contributed by atoms with Crippen LogP contribution in [0, 0.1) is 32.1 Å². The van der Waals surface area contributed by atoms with Gasteiger partial charge in [0.2, 0.25) is 0 Å². The number of carbonyl (C=O) groups excluding carboxylic acids is 2. The smallest absolute Gasteiger partial charge is 0.347 e. The second kappa shape index (κ2) is 9.05. The first-order valence-electron chi connectivity index (χ1n) is 8.97. The average Bonchev–Trinajstić information content (AvgIpc) is 2.64. The van der Waals surface area contributed by atoms with E-state index in [-0.39, 0.29) is 0 Å². The number of aryl methyl sites for hydroxylation is 3. The van der Waals surface area contributed by atoms with E-state index < -0.39 is 24.1 Å². The van der Waals surface area contributed by atoms with Crippen LogP contribution in [0.3, 0.4) is 0 Å². The lowest BCUT2D eigenvalue weighted by Crippen LogP contribution is -2.35. The van der Waals surface area contributed by atoms with Crippen LogP contribution in [0.1, 0.15) is 36.1 Å². The zero-order valence-corrected chi connectivity index (χ0v) is 16.7. The van der Waals surface area contributed by atoms with E-state index >= 15 is 0 Å². The number of rotatable bonds is 6. The number of esters is 1. The van der Waals surface area contributed by atoms with Crippen LogP contribution in [0.25, 0.3) is 0 Å². The first kappa shape index (κ1) is 21.0. The van der Waals surface area contributed by atoms with Crippen molar-refractivity contribution in [3.8, 4) is 11.8 Å². The predicted octanol–water partition coefficient (Wildman–Crippen LogP) is 3.82. The fourth-order valence-electron chi connectivity index (χ4n) is 2.79. The lowest BCUT2D eigenvalue weighted by Gasteiger charge is -2.19. The molecule has 6 heteroatoms. The zero-order valence-electron chi connectivity index (χ0n) is 16.7. The van der Waals surface area contributed by atoms with Gasteiger partial charge in [-0.1, -0.05) is 17.7 Å². The largest absolute Gasteiger partial charge is 0.479 e.